The van der Waals surface area contributed by atoms with E-state index >= 15 is 0 Å². The Bertz CT molecular complexity index is 507. The fourth-order valence-electron chi connectivity index (χ4n) is 4.46. The van der Waals surface area contributed by atoms with E-state index in [0.29, 0.717) is 17.8 Å². The molecular weight excluding hydrogens is 246 g/mol. The maximum absolute atomic E-state index is 12.1. The van der Waals surface area contributed by atoms with Crippen LogP contribution in [-0.4, -0.2) is 5.91 Å². The van der Waals surface area contributed by atoms with E-state index < -0.39 is 0 Å². The topological polar surface area (TPSA) is 29.1 Å². The second-order valence-electron chi connectivity index (χ2n) is 7.59. The van der Waals surface area contributed by atoms with Gasteiger partial charge in [0.15, 0.2) is 0 Å². The predicted molar refractivity (Wildman–Crippen MR) is 81.2 cm³/mol. The Balaban J connectivity index is 1.96. The van der Waals surface area contributed by atoms with Gasteiger partial charge < -0.3 is 5.32 Å². The highest BCUT2D eigenvalue weighted by atomic mass is 16.2. The molecule has 1 aliphatic heterocycles. The molecule has 1 aliphatic carbocycles. The third-order valence-corrected chi connectivity index (χ3v) is 5.61. The van der Waals surface area contributed by atoms with Crippen molar-refractivity contribution in [1.82, 2.24) is 5.32 Å². The smallest absolute Gasteiger partial charge is 0.221 e. The first-order chi connectivity index (χ1) is 9.43. The number of carbonyl (C=O) groups is 1. The third kappa shape index (κ3) is 2.15. The van der Waals surface area contributed by atoms with Gasteiger partial charge in [-0.25, -0.2) is 0 Å². The van der Waals surface area contributed by atoms with Gasteiger partial charge in [0.1, 0.15) is 0 Å². The summed E-state index contributed by atoms with van der Waals surface area (Å²) in [4.78, 5) is 12.1. The monoisotopic (exact) mass is 271 g/mol. The molecule has 1 heterocycles. The van der Waals surface area contributed by atoms with Crippen LogP contribution in [0.5, 0.6) is 0 Å². The molecule has 2 fully saturated rings. The molecule has 3 rings (SSSR count). The molecule has 20 heavy (non-hydrogen) atoms. The van der Waals surface area contributed by atoms with Gasteiger partial charge in [0.05, 0.1) is 6.04 Å². The molecule has 1 saturated heterocycles. The second kappa shape index (κ2) is 4.61. The third-order valence-electron chi connectivity index (χ3n) is 5.61. The number of carbonyl (C=O) groups excluding carboxylic acids is 1. The number of rotatable bonds is 1. The summed E-state index contributed by atoms with van der Waals surface area (Å²) in [6.07, 6.45) is 4.28. The van der Waals surface area contributed by atoms with E-state index in [1.54, 1.807) is 0 Å². The van der Waals surface area contributed by atoms with Gasteiger partial charge in [-0.15, -0.1) is 0 Å². The van der Waals surface area contributed by atoms with Crippen LogP contribution >= 0.6 is 0 Å². The van der Waals surface area contributed by atoms with Crippen LogP contribution in [-0.2, 0) is 4.79 Å². The summed E-state index contributed by atoms with van der Waals surface area (Å²) in [7, 11) is 0. The zero-order valence-corrected chi connectivity index (χ0v) is 12.8. The van der Waals surface area contributed by atoms with Crippen LogP contribution in [0.1, 0.15) is 58.1 Å². The minimum absolute atomic E-state index is 0.119. The Morgan fingerprint density at radius 3 is 2.50 bits per heavy atom. The molecule has 1 aromatic carbocycles. The number of hydrogen-bond donors (Lipinski definition) is 1. The largest absolute Gasteiger partial charge is 0.349 e. The van der Waals surface area contributed by atoms with Gasteiger partial charge in [0.25, 0.3) is 0 Å². The normalized spacial score (nSPS) is 36.0. The summed E-state index contributed by atoms with van der Waals surface area (Å²) in [6.45, 7) is 7.06. The lowest BCUT2D eigenvalue weighted by Crippen LogP contribution is -2.41. The number of nitrogens with one attached hydrogen (secondary N) is 1. The summed E-state index contributed by atoms with van der Waals surface area (Å²) in [5, 5.41) is 3.25. The Morgan fingerprint density at radius 2 is 1.85 bits per heavy atom. The molecule has 108 valence electrons. The lowest BCUT2D eigenvalue weighted by Gasteiger charge is -2.48. The standard InChI is InChI=1S/C18H25NO/c1-13-11-17(2,3)9-10-18(13)12-15(20)19-16(18)14-7-5-4-6-8-14/h4-8,13,16H,9-12H2,1-3H3,(H,19,20). The van der Waals surface area contributed by atoms with Crippen LogP contribution in [0.25, 0.3) is 0 Å². The summed E-state index contributed by atoms with van der Waals surface area (Å²) in [5.41, 5.74) is 1.80. The van der Waals surface area contributed by atoms with Gasteiger partial charge in [0.2, 0.25) is 5.91 Å². The van der Waals surface area contributed by atoms with Crippen molar-refractivity contribution in [1.29, 1.82) is 0 Å². The zero-order valence-electron chi connectivity index (χ0n) is 12.8. The summed E-state index contributed by atoms with van der Waals surface area (Å²) in [6, 6.07) is 10.7. The van der Waals surface area contributed by atoms with Gasteiger partial charge in [-0.3, -0.25) is 4.79 Å². The molecular formula is C18H25NO. The molecule has 2 heteroatoms. The molecule has 0 aromatic heterocycles. The molecule has 2 nitrogen and oxygen atoms in total. The van der Waals surface area contributed by atoms with E-state index in [9.17, 15) is 4.79 Å². The lowest BCUT2D eigenvalue weighted by atomic mass is 9.56. The summed E-state index contributed by atoms with van der Waals surface area (Å²) in [5.74, 6) is 0.806. The molecule has 1 N–H and O–H groups in total. The zero-order chi connectivity index (χ0) is 14.4. The first-order valence-electron chi connectivity index (χ1n) is 7.77. The van der Waals surface area contributed by atoms with E-state index in [4.69, 9.17) is 0 Å². The van der Waals surface area contributed by atoms with Crippen molar-refractivity contribution in [3.63, 3.8) is 0 Å². The maximum Gasteiger partial charge on any atom is 0.221 e. The van der Waals surface area contributed by atoms with E-state index in [-0.39, 0.29) is 17.4 Å². The van der Waals surface area contributed by atoms with Crippen molar-refractivity contribution in [2.45, 2.75) is 52.5 Å². The molecule has 3 unspecified atom stereocenters. The summed E-state index contributed by atoms with van der Waals surface area (Å²) >= 11 is 0. The first-order valence-corrected chi connectivity index (χ1v) is 7.77. The molecule has 0 bridgehead atoms. The average Bonchev–Trinajstić information content (AvgIpc) is 2.74. The summed E-state index contributed by atoms with van der Waals surface area (Å²) < 4.78 is 0. The molecule has 3 atom stereocenters. The van der Waals surface area contributed by atoms with Crippen LogP contribution < -0.4 is 5.32 Å². The minimum Gasteiger partial charge on any atom is -0.349 e. The van der Waals surface area contributed by atoms with Crippen LogP contribution in [0.2, 0.25) is 0 Å². The van der Waals surface area contributed by atoms with E-state index in [2.05, 4.69) is 50.4 Å². The van der Waals surface area contributed by atoms with Gasteiger partial charge >= 0.3 is 0 Å². The quantitative estimate of drug-likeness (QED) is 0.819. The molecule has 1 aromatic rings. The fourth-order valence-corrected chi connectivity index (χ4v) is 4.46. The number of hydrogen-bond acceptors (Lipinski definition) is 1. The second-order valence-corrected chi connectivity index (χ2v) is 7.59. The Morgan fingerprint density at radius 1 is 1.15 bits per heavy atom. The Hall–Kier alpha value is -1.31. The predicted octanol–water partition coefficient (Wildman–Crippen LogP) is 4.08. The Labute approximate surface area is 122 Å². The van der Waals surface area contributed by atoms with Crippen molar-refractivity contribution in [3.05, 3.63) is 35.9 Å². The van der Waals surface area contributed by atoms with Crippen LogP contribution in [0.3, 0.4) is 0 Å². The van der Waals surface area contributed by atoms with E-state index in [1.807, 2.05) is 6.07 Å². The van der Waals surface area contributed by atoms with Crippen molar-refractivity contribution in [2.24, 2.45) is 16.7 Å². The number of benzene rings is 1. The number of amides is 1. The average molecular weight is 271 g/mol. The van der Waals surface area contributed by atoms with Gasteiger partial charge in [-0.2, -0.15) is 0 Å². The van der Waals surface area contributed by atoms with Gasteiger partial charge in [0, 0.05) is 11.8 Å². The lowest BCUT2D eigenvalue weighted by molar-refractivity contribution is -0.120. The fraction of sp³-hybridized carbons (Fsp3) is 0.611. The van der Waals surface area contributed by atoms with Gasteiger partial charge in [-0.05, 0) is 36.2 Å². The highest BCUT2D eigenvalue weighted by Crippen LogP contribution is 2.58. The molecule has 2 aliphatic rings. The van der Waals surface area contributed by atoms with E-state index in [0.717, 1.165) is 6.42 Å². The molecule has 0 radical (unpaired) electrons. The first kappa shape index (κ1) is 13.7. The van der Waals surface area contributed by atoms with Crippen LogP contribution in [0, 0.1) is 16.7 Å². The van der Waals surface area contributed by atoms with Crippen LogP contribution in [0.4, 0.5) is 0 Å². The van der Waals surface area contributed by atoms with Gasteiger partial charge in [-0.1, -0.05) is 51.1 Å². The van der Waals surface area contributed by atoms with E-state index in [1.165, 1.54) is 18.4 Å². The van der Waals surface area contributed by atoms with Crippen molar-refractivity contribution in [3.8, 4) is 0 Å². The van der Waals surface area contributed by atoms with Crippen molar-refractivity contribution < 1.29 is 4.79 Å². The maximum atomic E-state index is 12.1. The Kier molecular flexibility index (Phi) is 3.15. The van der Waals surface area contributed by atoms with Crippen molar-refractivity contribution >= 4 is 5.91 Å². The molecule has 1 amide bonds. The SMILES string of the molecule is CC1CC(C)(C)CCC12CC(=O)NC2c1ccccc1. The highest BCUT2D eigenvalue weighted by Gasteiger charge is 2.54. The minimum atomic E-state index is 0.119. The molecule has 1 saturated carbocycles. The molecule has 1 spiro atoms. The van der Waals surface area contributed by atoms with Crippen molar-refractivity contribution in [2.75, 3.05) is 0 Å². The highest BCUT2D eigenvalue weighted by molar-refractivity contribution is 5.80. The van der Waals surface area contributed by atoms with Crippen LogP contribution in [0.15, 0.2) is 30.3 Å².